The van der Waals surface area contributed by atoms with E-state index in [9.17, 15) is 4.79 Å². The number of hydrogen-bond acceptors (Lipinski definition) is 1. The molecule has 1 saturated heterocycles. The summed E-state index contributed by atoms with van der Waals surface area (Å²) < 4.78 is 0. The van der Waals surface area contributed by atoms with Crippen LogP contribution in [0.5, 0.6) is 0 Å². The molecule has 1 atom stereocenters. The number of rotatable bonds is 1. The Labute approximate surface area is 81.3 Å². The zero-order chi connectivity index (χ0) is 10.1. The van der Waals surface area contributed by atoms with Gasteiger partial charge >= 0.3 is 0 Å². The molecule has 76 valence electrons. The monoisotopic (exact) mass is 183 g/mol. The number of amides is 1. The average Bonchev–Trinajstić information content (AvgIpc) is 2.31. The molecular formula is C11H21NO. The molecule has 2 heteroatoms. The first-order valence-electron chi connectivity index (χ1n) is 5.17. The minimum atomic E-state index is 0.242. The molecule has 0 radical (unpaired) electrons. The van der Waals surface area contributed by atoms with Gasteiger partial charge in [0.1, 0.15) is 0 Å². The molecular weight excluding hydrogens is 162 g/mol. The van der Waals surface area contributed by atoms with Crippen molar-refractivity contribution >= 4 is 5.91 Å². The van der Waals surface area contributed by atoms with Crippen LogP contribution < -0.4 is 0 Å². The molecule has 1 rings (SSSR count). The lowest BCUT2D eigenvalue weighted by molar-refractivity contribution is -0.130. The van der Waals surface area contributed by atoms with E-state index < -0.39 is 0 Å². The van der Waals surface area contributed by atoms with Crippen molar-refractivity contribution in [2.75, 3.05) is 6.54 Å². The number of nitrogens with zero attached hydrogens (tertiary/aromatic N) is 1. The third kappa shape index (κ3) is 3.02. The van der Waals surface area contributed by atoms with Gasteiger partial charge in [0.25, 0.3) is 0 Å². The molecule has 2 nitrogen and oxygen atoms in total. The highest BCUT2D eigenvalue weighted by Crippen LogP contribution is 2.29. The van der Waals surface area contributed by atoms with E-state index >= 15 is 0 Å². The Morgan fingerprint density at radius 2 is 2.08 bits per heavy atom. The summed E-state index contributed by atoms with van der Waals surface area (Å²) in [6, 6.07) is 0.498. The molecule has 1 heterocycles. The molecule has 1 aliphatic rings. The van der Waals surface area contributed by atoms with Gasteiger partial charge in [-0.15, -0.1) is 0 Å². The maximum atomic E-state index is 11.3. The van der Waals surface area contributed by atoms with Crippen LogP contribution in [-0.4, -0.2) is 23.4 Å². The topological polar surface area (TPSA) is 20.3 Å². The quantitative estimate of drug-likeness (QED) is 0.611. The number of hydrogen-bond donors (Lipinski definition) is 0. The predicted molar refractivity (Wildman–Crippen MR) is 54.5 cm³/mol. The first-order chi connectivity index (χ1) is 5.90. The van der Waals surface area contributed by atoms with Crippen molar-refractivity contribution in [1.29, 1.82) is 0 Å². The van der Waals surface area contributed by atoms with Crippen LogP contribution in [0.25, 0.3) is 0 Å². The number of carbonyl (C=O) groups is 1. The van der Waals surface area contributed by atoms with E-state index in [0.717, 1.165) is 13.0 Å². The van der Waals surface area contributed by atoms with Crippen molar-refractivity contribution in [1.82, 2.24) is 4.90 Å². The Balaban J connectivity index is 2.54. The predicted octanol–water partition coefficient (Wildman–Crippen LogP) is 2.43. The average molecular weight is 183 g/mol. The summed E-state index contributed by atoms with van der Waals surface area (Å²) in [6.45, 7) is 9.37. The second kappa shape index (κ2) is 3.69. The summed E-state index contributed by atoms with van der Waals surface area (Å²) in [6.07, 6.45) is 3.50. The van der Waals surface area contributed by atoms with Crippen molar-refractivity contribution < 1.29 is 4.79 Å². The second-order valence-corrected chi connectivity index (χ2v) is 5.27. The Bertz CT molecular complexity index is 193. The highest BCUT2D eigenvalue weighted by atomic mass is 16.2. The SMILES string of the molecule is CC(=O)N1CCC[C@@H]1CC(C)(C)C. The van der Waals surface area contributed by atoms with Gasteiger partial charge in [-0.3, -0.25) is 4.79 Å². The van der Waals surface area contributed by atoms with Crippen molar-refractivity contribution in [3.63, 3.8) is 0 Å². The van der Waals surface area contributed by atoms with Gasteiger partial charge < -0.3 is 4.90 Å². The van der Waals surface area contributed by atoms with Crippen LogP contribution in [0, 0.1) is 5.41 Å². The van der Waals surface area contributed by atoms with Gasteiger partial charge in [-0.2, -0.15) is 0 Å². The molecule has 0 aromatic rings. The summed E-state index contributed by atoms with van der Waals surface area (Å²) in [7, 11) is 0. The Morgan fingerprint density at radius 3 is 2.54 bits per heavy atom. The fourth-order valence-corrected chi connectivity index (χ4v) is 2.17. The van der Waals surface area contributed by atoms with Gasteiger partial charge in [0.05, 0.1) is 0 Å². The van der Waals surface area contributed by atoms with Crippen molar-refractivity contribution in [3.8, 4) is 0 Å². The van der Waals surface area contributed by atoms with E-state index in [1.165, 1.54) is 12.8 Å². The van der Waals surface area contributed by atoms with E-state index in [-0.39, 0.29) is 5.91 Å². The lowest BCUT2D eigenvalue weighted by Crippen LogP contribution is -2.36. The van der Waals surface area contributed by atoms with Crippen LogP contribution in [-0.2, 0) is 4.79 Å². The van der Waals surface area contributed by atoms with Crippen LogP contribution in [0.4, 0.5) is 0 Å². The molecule has 1 aliphatic heterocycles. The van der Waals surface area contributed by atoms with E-state index in [0.29, 0.717) is 11.5 Å². The summed E-state index contributed by atoms with van der Waals surface area (Å²) in [5.41, 5.74) is 0.336. The molecule has 1 amide bonds. The Hall–Kier alpha value is -0.530. The van der Waals surface area contributed by atoms with E-state index in [4.69, 9.17) is 0 Å². The van der Waals surface area contributed by atoms with Crippen molar-refractivity contribution in [3.05, 3.63) is 0 Å². The molecule has 0 spiro atoms. The Kier molecular flexibility index (Phi) is 2.99. The van der Waals surface area contributed by atoms with Crippen LogP contribution in [0.1, 0.15) is 47.0 Å². The van der Waals surface area contributed by atoms with Crippen LogP contribution in [0.2, 0.25) is 0 Å². The standard InChI is InChI=1S/C11H21NO/c1-9(13)12-7-5-6-10(12)8-11(2,3)4/h10H,5-8H2,1-4H3/t10-/m1/s1. The maximum Gasteiger partial charge on any atom is 0.219 e. The Morgan fingerprint density at radius 1 is 1.46 bits per heavy atom. The fraction of sp³-hybridized carbons (Fsp3) is 0.909. The van der Waals surface area contributed by atoms with Gasteiger partial charge in [0, 0.05) is 19.5 Å². The molecule has 0 N–H and O–H groups in total. The third-order valence-corrected chi connectivity index (χ3v) is 2.63. The van der Waals surface area contributed by atoms with Gasteiger partial charge in [-0.25, -0.2) is 0 Å². The van der Waals surface area contributed by atoms with Crippen molar-refractivity contribution in [2.24, 2.45) is 5.41 Å². The normalized spacial score (nSPS) is 23.7. The molecule has 0 saturated carbocycles. The number of carbonyl (C=O) groups excluding carboxylic acids is 1. The van der Waals surface area contributed by atoms with E-state index in [1.807, 2.05) is 4.90 Å². The number of likely N-dealkylation sites (tertiary alicyclic amines) is 1. The van der Waals surface area contributed by atoms with Gasteiger partial charge in [0.2, 0.25) is 5.91 Å². The fourth-order valence-electron chi connectivity index (χ4n) is 2.17. The first-order valence-corrected chi connectivity index (χ1v) is 5.17. The smallest absolute Gasteiger partial charge is 0.219 e. The first kappa shape index (κ1) is 10.6. The highest BCUT2D eigenvalue weighted by Gasteiger charge is 2.29. The molecule has 1 fully saturated rings. The minimum absolute atomic E-state index is 0.242. The zero-order valence-electron chi connectivity index (χ0n) is 9.26. The van der Waals surface area contributed by atoms with Gasteiger partial charge in [-0.05, 0) is 24.7 Å². The summed E-state index contributed by atoms with van der Waals surface area (Å²) in [5, 5.41) is 0. The maximum absolute atomic E-state index is 11.3. The molecule has 0 unspecified atom stereocenters. The van der Waals surface area contributed by atoms with E-state index in [1.54, 1.807) is 6.92 Å². The molecule has 0 aromatic carbocycles. The summed E-state index contributed by atoms with van der Waals surface area (Å²) in [4.78, 5) is 13.3. The lowest BCUT2D eigenvalue weighted by atomic mass is 9.87. The van der Waals surface area contributed by atoms with Crippen LogP contribution >= 0.6 is 0 Å². The van der Waals surface area contributed by atoms with Crippen LogP contribution in [0.3, 0.4) is 0 Å². The third-order valence-electron chi connectivity index (χ3n) is 2.63. The van der Waals surface area contributed by atoms with Gasteiger partial charge in [-0.1, -0.05) is 20.8 Å². The zero-order valence-corrected chi connectivity index (χ0v) is 9.26. The molecule has 0 aliphatic carbocycles. The van der Waals surface area contributed by atoms with Crippen molar-refractivity contribution in [2.45, 2.75) is 53.0 Å². The lowest BCUT2D eigenvalue weighted by Gasteiger charge is -2.29. The van der Waals surface area contributed by atoms with E-state index in [2.05, 4.69) is 20.8 Å². The molecule has 13 heavy (non-hydrogen) atoms. The molecule has 0 bridgehead atoms. The summed E-state index contributed by atoms with van der Waals surface area (Å²) >= 11 is 0. The van der Waals surface area contributed by atoms with Gasteiger partial charge in [0.15, 0.2) is 0 Å². The summed E-state index contributed by atoms with van der Waals surface area (Å²) in [5.74, 6) is 0.242. The highest BCUT2D eigenvalue weighted by molar-refractivity contribution is 5.73. The second-order valence-electron chi connectivity index (χ2n) is 5.27. The largest absolute Gasteiger partial charge is 0.340 e. The molecule has 0 aromatic heterocycles. The van der Waals surface area contributed by atoms with Crippen LogP contribution in [0.15, 0.2) is 0 Å². The minimum Gasteiger partial charge on any atom is -0.340 e.